The van der Waals surface area contributed by atoms with Crippen LogP contribution in [0.5, 0.6) is 0 Å². The van der Waals surface area contributed by atoms with Crippen molar-refractivity contribution >= 4 is 35.5 Å². The smallest absolute Gasteiger partial charge is 0.326 e. The number of aliphatic carboxylic acids is 1. The Bertz CT molecular complexity index is 802. The lowest BCUT2D eigenvalue weighted by atomic mass is 10.0. The van der Waals surface area contributed by atoms with E-state index in [0.29, 0.717) is 24.3 Å². The number of carbonyl (C=O) groups is 4. The number of aromatic amines is 1. The average Bonchev–Trinajstić information content (AvgIpc) is 3.26. The van der Waals surface area contributed by atoms with Gasteiger partial charge in [-0.15, -0.1) is 0 Å². The van der Waals surface area contributed by atoms with Gasteiger partial charge in [0.05, 0.1) is 12.4 Å². The van der Waals surface area contributed by atoms with Crippen molar-refractivity contribution in [3.8, 4) is 0 Å². The number of imidazole rings is 1. The molecule has 7 N–H and O–H groups in total. The molecule has 0 radical (unpaired) electrons. The normalized spacial score (nSPS) is 14.8. The minimum absolute atomic E-state index is 0.0675. The minimum Gasteiger partial charge on any atom is -0.480 e. The number of nitrogens with two attached hydrogens (primary N) is 1. The second-order valence-electron chi connectivity index (χ2n) is 8.99. The van der Waals surface area contributed by atoms with E-state index in [1.165, 1.54) is 24.3 Å². The first-order valence-corrected chi connectivity index (χ1v) is 12.7. The van der Waals surface area contributed by atoms with Gasteiger partial charge in [0, 0.05) is 18.3 Å². The van der Waals surface area contributed by atoms with Crippen molar-refractivity contribution in [1.82, 2.24) is 25.9 Å². The third kappa shape index (κ3) is 10.1. The second kappa shape index (κ2) is 14.6. The van der Waals surface area contributed by atoms with E-state index in [1.807, 2.05) is 20.1 Å². The number of carboxylic acid groups (broad SMARTS) is 1. The highest BCUT2D eigenvalue weighted by atomic mass is 32.2. The van der Waals surface area contributed by atoms with Crippen molar-refractivity contribution in [2.24, 2.45) is 17.6 Å². The Balaban J connectivity index is 3.03. The molecule has 1 heterocycles. The number of aromatic nitrogens is 2. The van der Waals surface area contributed by atoms with Gasteiger partial charge >= 0.3 is 5.97 Å². The van der Waals surface area contributed by atoms with E-state index in [4.69, 9.17) is 5.73 Å². The first-order chi connectivity index (χ1) is 16.0. The van der Waals surface area contributed by atoms with Gasteiger partial charge in [0.15, 0.2) is 0 Å². The molecule has 1 rings (SSSR count). The molecule has 0 spiro atoms. The summed E-state index contributed by atoms with van der Waals surface area (Å²) in [7, 11) is 0. The number of rotatable bonds is 15. The Labute approximate surface area is 204 Å². The minimum atomic E-state index is -1.17. The number of H-pyrrole nitrogens is 1. The molecule has 0 saturated carbocycles. The highest BCUT2D eigenvalue weighted by molar-refractivity contribution is 7.98. The predicted octanol–water partition coefficient (Wildman–Crippen LogP) is 0.274. The summed E-state index contributed by atoms with van der Waals surface area (Å²) >= 11 is 1.52. The molecule has 11 nitrogen and oxygen atoms in total. The molecule has 0 fully saturated rings. The van der Waals surface area contributed by atoms with Crippen LogP contribution in [-0.4, -0.2) is 74.9 Å². The first-order valence-electron chi connectivity index (χ1n) is 11.3. The maximum atomic E-state index is 13.1. The molecule has 0 aromatic carbocycles. The highest BCUT2D eigenvalue weighted by Crippen LogP contribution is 2.08. The number of hydrogen-bond acceptors (Lipinski definition) is 7. The number of hydrogen-bond donors (Lipinski definition) is 6. The maximum Gasteiger partial charge on any atom is 0.326 e. The van der Waals surface area contributed by atoms with E-state index in [0.717, 1.165) is 0 Å². The van der Waals surface area contributed by atoms with Gasteiger partial charge in [-0.1, -0.05) is 27.7 Å². The van der Waals surface area contributed by atoms with Crippen molar-refractivity contribution in [1.29, 1.82) is 0 Å². The molecule has 192 valence electrons. The van der Waals surface area contributed by atoms with E-state index < -0.39 is 47.9 Å². The lowest BCUT2D eigenvalue weighted by molar-refractivity contribution is -0.143. The van der Waals surface area contributed by atoms with Crippen LogP contribution < -0.4 is 21.7 Å². The van der Waals surface area contributed by atoms with Crippen molar-refractivity contribution < 1.29 is 24.3 Å². The number of thioether (sulfide) groups is 1. The molecule has 3 amide bonds. The summed E-state index contributed by atoms with van der Waals surface area (Å²) in [6.07, 6.45) is 5.72. The summed E-state index contributed by atoms with van der Waals surface area (Å²) in [5.74, 6) is -2.34. The molecule has 0 bridgehead atoms. The van der Waals surface area contributed by atoms with Crippen LogP contribution in [0.25, 0.3) is 0 Å². The predicted molar refractivity (Wildman–Crippen MR) is 131 cm³/mol. The van der Waals surface area contributed by atoms with Gasteiger partial charge in [-0.25, -0.2) is 9.78 Å². The fraction of sp³-hybridized carbons (Fsp3) is 0.682. The highest BCUT2D eigenvalue weighted by Gasteiger charge is 2.31. The summed E-state index contributed by atoms with van der Waals surface area (Å²) in [4.78, 5) is 57.0. The number of nitrogens with zero attached hydrogens (tertiary/aromatic N) is 1. The molecule has 12 heteroatoms. The van der Waals surface area contributed by atoms with E-state index >= 15 is 0 Å². The quantitative estimate of drug-likeness (QED) is 0.199. The zero-order chi connectivity index (χ0) is 25.8. The van der Waals surface area contributed by atoms with Crippen LogP contribution in [0, 0.1) is 11.8 Å². The summed E-state index contributed by atoms with van der Waals surface area (Å²) in [6, 6.07) is -3.84. The summed E-state index contributed by atoms with van der Waals surface area (Å²) in [6.45, 7) is 7.25. The molecule has 0 aliphatic heterocycles. The van der Waals surface area contributed by atoms with Crippen molar-refractivity contribution in [3.05, 3.63) is 18.2 Å². The summed E-state index contributed by atoms with van der Waals surface area (Å²) in [5, 5.41) is 17.3. The molecule has 4 atom stereocenters. The monoisotopic (exact) mass is 498 g/mol. The molecular formula is C22H38N6O5S. The average molecular weight is 499 g/mol. The van der Waals surface area contributed by atoms with Crippen LogP contribution in [0.2, 0.25) is 0 Å². The topological polar surface area (TPSA) is 179 Å². The van der Waals surface area contributed by atoms with E-state index in [-0.39, 0.29) is 18.3 Å². The Kier molecular flexibility index (Phi) is 12.7. The van der Waals surface area contributed by atoms with Crippen molar-refractivity contribution in [2.45, 2.75) is 71.1 Å². The van der Waals surface area contributed by atoms with E-state index in [1.54, 1.807) is 13.8 Å². The lowest BCUT2D eigenvalue weighted by Gasteiger charge is -2.26. The van der Waals surface area contributed by atoms with E-state index in [9.17, 15) is 24.3 Å². The fourth-order valence-electron chi connectivity index (χ4n) is 3.26. The van der Waals surface area contributed by atoms with Gasteiger partial charge in [0.1, 0.15) is 18.1 Å². The van der Waals surface area contributed by atoms with Crippen molar-refractivity contribution in [3.63, 3.8) is 0 Å². The van der Waals surface area contributed by atoms with Crippen LogP contribution in [-0.2, 0) is 25.6 Å². The van der Waals surface area contributed by atoms with E-state index in [2.05, 4.69) is 25.9 Å². The zero-order valence-electron chi connectivity index (χ0n) is 20.5. The van der Waals surface area contributed by atoms with Crippen LogP contribution in [0.15, 0.2) is 12.5 Å². The van der Waals surface area contributed by atoms with Gasteiger partial charge in [-0.2, -0.15) is 11.8 Å². The lowest BCUT2D eigenvalue weighted by Crippen LogP contribution is -2.58. The van der Waals surface area contributed by atoms with Gasteiger partial charge in [-0.3, -0.25) is 14.4 Å². The maximum absolute atomic E-state index is 13.1. The number of carbonyl (C=O) groups excluding carboxylic acids is 3. The first kappa shape index (κ1) is 29.4. The largest absolute Gasteiger partial charge is 0.480 e. The second-order valence-corrected chi connectivity index (χ2v) is 9.97. The Morgan fingerprint density at radius 1 is 1.06 bits per heavy atom. The zero-order valence-corrected chi connectivity index (χ0v) is 21.3. The molecule has 0 aliphatic carbocycles. The van der Waals surface area contributed by atoms with Gasteiger partial charge in [0.2, 0.25) is 17.7 Å². The molecular weight excluding hydrogens is 460 g/mol. The Morgan fingerprint density at radius 2 is 1.68 bits per heavy atom. The summed E-state index contributed by atoms with van der Waals surface area (Å²) < 4.78 is 0. The number of amides is 3. The number of carboxylic acids is 1. The van der Waals surface area contributed by atoms with Crippen LogP contribution in [0.3, 0.4) is 0 Å². The SMILES string of the molecule is CSCCC(NC(=O)C(N)CC(C)C)C(=O)NC(Cc1cnc[nH]1)C(=O)NC(C(=O)O)C(C)C. The third-order valence-electron chi connectivity index (χ3n) is 5.15. The molecule has 4 unspecified atom stereocenters. The number of nitrogens with one attached hydrogen (secondary N) is 4. The van der Waals surface area contributed by atoms with Crippen LogP contribution in [0.4, 0.5) is 0 Å². The molecule has 0 aliphatic rings. The molecule has 34 heavy (non-hydrogen) atoms. The molecule has 1 aromatic heterocycles. The van der Waals surface area contributed by atoms with Crippen molar-refractivity contribution in [2.75, 3.05) is 12.0 Å². The van der Waals surface area contributed by atoms with Crippen LogP contribution in [0.1, 0.15) is 46.2 Å². The summed E-state index contributed by atoms with van der Waals surface area (Å²) in [5.41, 5.74) is 6.55. The Hall–Kier alpha value is -2.60. The third-order valence-corrected chi connectivity index (χ3v) is 5.79. The molecule has 0 saturated heterocycles. The molecule has 1 aromatic rings. The standard InChI is InChI=1S/C22H38N6O5S/c1-12(2)8-15(23)19(29)26-16(6-7-34-5)20(30)27-17(9-14-10-24-11-25-14)21(31)28-18(13(3)4)22(32)33/h10-13,15-18H,6-9,23H2,1-5H3,(H,24,25)(H,26,29)(H,27,30)(H,28,31)(H,32,33). The van der Waals surface area contributed by atoms with Crippen LogP contribution >= 0.6 is 11.8 Å². The van der Waals surface area contributed by atoms with Gasteiger partial charge in [-0.05, 0) is 36.7 Å². The fourth-order valence-corrected chi connectivity index (χ4v) is 3.73. The van der Waals surface area contributed by atoms with Gasteiger partial charge in [0.25, 0.3) is 0 Å². The Morgan fingerprint density at radius 3 is 2.18 bits per heavy atom. The van der Waals surface area contributed by atoms with Gasteiger partial charge < -0.3 is 31.8 Å².